The van der Waals surface area contributed by atoms with Crippen LogP contribution in [0.15, 0.2) is 60.7 Å². The third kappa shape index (κ3) is 7.02. The summed E-state index contributed by atoms with van der Waals surface area (Å²) in [5.41, 5.74) is 0. The predicted octanol–water partition coefficient (Wildman–Crippen LogP) is 4.95. The number of hydrogen-bond acceptors (Lipinski definition) is 1. The minimum Gasteiger partial charge on any atom is -0.407 e. The van der Waals surface area contributed by atoms with Crippen LogP contribution in [0.4, 0.5) is 0 Å². The fourth-order valence-corrected chi connectivity index (χ4v) is 4.93. The summed E-state index contributed by atoms with van der Waals surface area (Å²) < 4.78 is 6.36. The molecule has 129 valence electrons. The van der Waals surface area contributed by atoms with Crippen LogP contribution in [-0.4, -0.2) is 15.6 Å². The molecule has 0 heterocycles. The van der Waals surface area contributed by atoms with Gasteiger partial charge in [0.05, 0.1) is 0 Å². The summed E-state index contributed by atoms with van der Waals surface area (Å²) >= 11 is 0. The Bertz CT molecular complexity index is 487. The maximum Gasteiger partial charge on any atom is 0.282 e. The molecule has 0 saturated heterocycles. The minimum absolute atomic E-state index is 0.882. The molecule has 1 nitrogen and oxygen atoms in total. The molecule has 0 unspecified atom stereocenters. The molecule has 2 rings (SSSR count). The molecule has 0 amide bonds. The Balaban J connectivity index is 1.74. The first kappa shape index (κ1) is 18.9. The summed E-state index contributed by atoms with van der Waals surface area (Å²) in [6.07, 6.45) is 10.7. The van der Waals surface area contributed by atoms with Crippen LogP contribution in [0, 0.1) is 0 Å². The Hall–Kier alpha value is -1.38. The van der Waals surface area contributed by atoms with E-state index in [0.717, 1.165) is 6.61 Å². The third-order valence-electron chi connectivity index (χ3n) is 4.32. The summed E-state index contributed by atoms with van der Waals surface area (Å²) in [7, 11) is -1.10. The Morgan fingerprint density at radius 2 is 1.08 bits per heavy atom. The maximum atomic E-state index is 6.36. The summed E-state index contributed by atoms with van der Waals surface area (Å²) in [5, 5.41) is 2.68. The lowest BCUT2D eigenvalue weighted by Crippen LogP contribution is -2.45. The molecule has 24 heavy (non-hydrogen) atoms. The first-order valence-corrected chi connectivity index (χ1v) is 10.9. The zero-order chi connectivity index (χ0) is 16.9. The Morgan fingerprint density at radius 3 is 1.58 bits per heavy atom. The molecule has 0 saturated carbocycles. The largest absolute Gasteiger partial charge is 0.407 e. The molecule has 0 aromatic heterocycles. The summed E-state index contributed by atoms with van der Waals surface area (Å²) in [5.74, 6) is 0. The molecule has 0 aliphatic carbocycles. The molecule has 0 spiro atoms. The van der Waals surface area contributed by atoms with E-state index >= 15 is 0 Å². The molecule has 0 fully saturated rings. The van der Waals surface area contributed by atoms with Crippen molar-refractivity contribution in [2.45, 2.75) is 58.3 Å². The zero-order valence-electron chi connectivity index (χ0n) is 15.0. The van der Waals surface area contributed by atoms with Gasteiger partial charge in [-0.25, -0.2) is 0 Å². The molecule has 2 aromatic carbocycles. The van der Waals surface area contributed by atoms with Gasteiger partial charge in [-0.05, 0) is 16.8 Å². The normalized spacial score (nSPS) is 11.1. The van der Waals surface area contributed by atoms with Crippen LogP contribution in [0.25, 0.3) is 0 Å². The van der Waals surface area contributed by atoms with Crippen molar-refractivity contribution in [3.05, 3.63) is 60.7 Å². The van der Waals surface area contributed by atoms with Crippen molar-refractivity contribution in [3.63, 3.8) is 0 Å². The van der Waals surface area contributed by atoms with Crippen molar-refractivity contribution < 1.29 is 4.43 Å². The Morgan fingerprint density at radius 1 is 0.625 bits per heavy atom. The average Bonchev–Trinajstić information content (AvgIpc) is 2.65. The average molecular weight is 340 g/mol. The fourth-order valence-electron chi connectivity index (χ4n) is 2.92. The van der Waals surface area contributed by atoms with Crippen molar-refractivity contribution >= 4 is 19.4 Å². The first-order chi connectivity index (χ1) is 11.9. The van der Waals surface area contributed by atoms with E-state index in [1.165, 1.54) is 61.7 Å². The van der Waals surface area contributed by atoms with Crippen LogP contribution in [0.2, 0.25) is 0 Å². The van der Waals surface area contributed by atoms with Gasteiger partial charge >= 0.3 is 0 Å². The number of unbranched alkanes of at least 4 members (excludes halogenated alkanes) is 7. The van der Waals surface area contributed by atoms with Gasteiger partial charge in [0.2, 0.25) is 0 Å². The van der Waals surface area contributed by atoms with Crippen molar-refractivity contribution in [2.75, 3.05) is 6.61 Å². The van der Waals surface area contributed by atoms with Crippen LogP contribution in [-0.2, 0) is 4.43 Å². The lowest BCUT2D eigenvalue weighted by Gasteiger charge is -2.16. The Kier molecular flexibility index (Phi) is 9.51. The Labute approximate surface area is 149 Å². The van der Waals surface area contributed by atoms with Crippen molar-refractivity contribution in [3.8, 4) is 0 Å². The summed E-state index contributed by atoms with van der Waals surface area (Å²) in [4.78, 5) is 0. The molecule has 0 aliphatic rings. The van der Waals surface area contributed by atoms with Gasteiger partial charge in [-0.3, -0.25) is 0 Å². The standard InChI is InChI=1S/C22H31OSi/c1-2-3-4-5-6-7-8-15-20-23-24(21-16-11-9-12-17-21)22-18-13-10-14-19-22/h9-14,16-19H,2-8,15,20H2,1H3. The van der Waals surface area contributed by atoms with Crippen LogP contribution in [0.3, 0.4) is 0 Å². The number of rotatable bonds is 12. The van der Waals surface area contributed by atoms with Gasteiger partial charge in [0.25, 0.3) is 9.04 Å². The van der Waals surface area contributed by atoms with Gasteiger partial charge in [-0.15, -0.1) is 0 Å². The monoisotopic (exact) mass is 339 g/mol. The SMILES string of the molecule is CCCCCCCCCCO[Si](c1ccccc1)c1ccccc1. The van der Waals surface area contributed by atoms with Gasteiger partial charge in [0, 0.05) is 6.61 Å². The lowest BCUT2D eigenvalue weighted by atomic mass is 10.1. The van der Waals surface area contributed by atoms with Gasteiger partial charge in [-0.1, -0.05) is 113 Å². The van der Waals surface area contributed by atoms with Gasteiger partial charge in [-0.2, -0.15) is 0 Å². The first-order valence-electron chi connectivity index (χ1n) is 9.52. The topological polar surface area (TPSA) is 9.23 Å². The highest BCUT2D eigenvalue weighted by atomic mass is 28.3. The molecule has 2 heteroatoms. The van der Waals surface area contributed by atoms with Crippen molar-refractivity contribution in [2.24, 2.45) is 0 Å². The molecule has 2 aromatic rings. The lowest BCUT2D eigenvalue weighted by molar-refractivity contribution is 0.318. The second-order valence-corrected chi connectivity index (χ2v) is 8.49. The minimum atomic E-state index is -1.10. The van der Waals surface area contributed by atoms with Crippen molar-refractivity contribution in [1.82, 2.24) is 0 Å². The van der Waals surface area contributed by atoms with E-state index in [-0.39, 0.29) is 0 Å². The van der Waals surface area contributed by atoms with Crippen LogP contribution < -0.4 is 10.4 Å². The zero-order valence-corrected chi connectivity index (χ0v) is 16.0. The molecule has 0 atom stereocenters. The smallest absolute Gasteiger partial charge is 0.282 e. The molecule has 1 radical (unpaired) electrons. The highest BCUT2D eigenvalue weighted by molar-refractivity contribution is 6.80. The predicted molar refractivity (Wildman–Crippen MR) is 106 cm³/mol. The van der Waals surface area contributed by atoms with E-state index in [0.29, 0.717) is 0 Å². The van der Waals surface area contributed by atoms with Crippen LogP contribution in [0.1, 0.15) is 58.3 Å². The highest BCUT2D eigenvalue weighted by Gasteiger charge is 2.18. The number of benzene rings is 2. The fraction of sp³-hybridized carbons (Fsp3) is 0.455. The van der Waals surface area contributed by atoms with Crippen LogP contribution >= 0.6 is 0 Å². The highest BCUT2D eigenvalue weighted by Crippen LogP contribution is 2.08. The van der Waals surface area contributed by atoms with E-state index in [2.05, 4.69) is 67.6 Å². The van der Waals surface area contributed by atoms with Crippen LogP contribution in [0.5, 0.6) is 0 Å². The summed E-state index contributed by atoms with van der Waals surface area (Å²) in [6, 6.07) is 21.4. The second-order valence-electron chi connectivity index (χ2n) is 6.38. The molecule has 0 aliphatic heterocycles. The van der Waals surface area contributed by atoms with Gasteiger partial charge in [0.15, 0.2) is 0 Å². The maximum absolute atomic E-state index is 6.36. The molecule has 0 N–H and O–H groups in total. The quantitative estimate of drug-likeness (QED) is 0.393. The van der Waals surface area contributed by atoms with E-state index in [1.807, 2.05) is 0 Å². The van der Waals surface area contributed by atoms with Gasteiger partial charge in [0.1, 0.15) is 0 Å². The summed E-state index contributed by atoms with van der Waals surface area (Å²) in [6.45, 7) is 3.16. The molecular formula is C22H31OSi. The molecule has 0 bridgehead atoms. The molecular weight excluding hydrogens is 308 g/mol. The third-order valence-corrected chi connectivity index (χ3v) is 6.52. The van der Waals surface area contributed by atoms with E-state index in [9.17, 15) is 0 Å². The van der Waals surface area contributed by atoms with E-state index in [1.54, 1.807) is 0 Å². The van der Waals surface area contributed by atoms with Crippen molar-refractivity contribution in [1.29, 1.82) is 0 Å². The van der Waals surface area contributed by atoms with Gasteiger partial charge < -0.3 is 4.43 Å². The number of hydrogen-bond donors (Lipinski definition) is 0. The van der Waals surface area contributed by atoms with E-state index in [4.69, 9.17) is 4.43 Å². The van der Waals surface area contributed by atoms with E-state index < -0.39 is 9.04 Å². The second kappa shape index (κ2) is 12.0.